The van der Waals surface area contributed by atoms with Crippen LogP contribution in [0.15, 0.2) is 30.3 Å². The van der Waals surface area contributed by atoms with Gasteiger partial charge in [0.1, 0.15) is 0 Å². The summed E-state index contributed by atoms with van der Waals surface area (Å²) in [6, 6.07) is 9.58. The number of amides is 2. The largest absolute Gasteiger partial charge is 0.393 e. The molecule has 1 aliphatic carbocycles. The molecule has 3 atom stereocenters. The molecule has 1 aliphatic heterocycles. The molecular formula is C16H18N2O2S. The molecule has 2 N–H and O–H groups in total. The lowest BCUT2D eigenvalue weighted by molar-refractivity contribution is -0.140. The van der Waals surface area contributed by atoms with Crippen molar-refractivity contribution in [2.45, 2.75) is 25.2 Å². The predicted octanol–water partition coefficient (Wildman–Crippen LogP) is 1.84. The van der Waals surface area contributed by atoms with Crippen LogP contribution in [0.2, 0.25) is 0 Å². The number of likely N-dealkylation sites (tertiary alicyclic amines) is 1. The van der Waals surface area contributed by atoms with Crippen molar-refractivity contribution in [1.29, 1.82) is 0 Å². The van der Waals surface area contributed by atoms with E-state index < -0.39 is 0 Å². The van der Waals surface area contributed by atoms with Gasteiger partial charge in [-0.3, -0.25) is 14.5 Å². The van der Waals surface area contributed by atoms with E-state index in [0.717, 1.165) is 24.8 Å². The molecule has 1 saturated carbocycles. The Morgan fingerprint density at radius 2 is 1.76 bits per heavy atom. The van der Waals surface area contributed by atoms with E-state index in [-0.39, 0.29) is 36.1 Å². The highest BCUT2D eigenvalue weighted by Crippen LogP contribution is 2.40. The molecule has 2 fully saturated rings. The van der Waals surface area contributed by atoms with Crippen LogP contribution in [0.1, 0.15) is 30.7 Å². The van der Waals surface area contributed by atoms with Gasteiger partial charge in [-0.25, -0.2) is 0 Å². The highest BCUT2D eigenvalue weighted by molar-refractivity contribution is 7.80. The number of hydrogen-bond donors (Lipinski definition) is 1. The fourth-order valence-corrected chi connectivity index (χ4v) is 3.68. The first-order chi connectivity index (χ1) is 10.1. The monoisotopic (exact) mass is 302 g/mol. The van der Waals surface area contributed by atoms with Gasteiger partial charge in [0.15, 0.2) is 0 Å². The van der Waals surface area contributed by atoms with Crippen LogP contribution in [-0.2, 0) is 9.59 Å². The van der Waals surface area contributed by atoms with Crippen LogP contribution in [0.25, 0.3) is 0 Å². The van der Waals surface area contributed by atoms with Crippen molar-refractivity contribution in [1.82, 2.24) is 4.90 Å². The smallest absolute Gasteiger partial charge is 0.233 e. The molecule has 110 valence electrons. The third-order valence-corrected chi connectivity index (χ3v) is 4.88. The molecule has 0 spiro atoms. The van der Waals surface area contributed by atoms with E-state index in [2.05, 4.69) is 0 Å². The van der Waals surface area contributed by atoms with Gasteiger partial charge in [0, 0.05) is 6.54 Å². The summed E-state index contributed by atoms with van der Waals surface area (Å²) in [6.07, 6.45) is 2.63. The molecule has 1 saturated heterocycles. The summed E-state index contributed by atoms with van der Waals surface area (Å²) in [7, 11) is 0. The molecule has 0 aromatic heterocycles. The third kappa shape index (κ3) is 2.46. The maximum Gasteiger partial charge on any atom is 0.233 e. The Kier molecular flexibility index (Phi) is 3.76. The lowest BCUT2D eigenvalue weighted by Gasteiger charge is -2.23. The number of fused-ring (bicyclic) bond motifs is 1. The van der Waals surface area contributed by atoms with E-state index in [4.69, 9.17) is 18.0 Å². The molecule has 1 aromatic carbocycles. The molecule has 2 aliphatic rings. The van der Waals surface area contributed by atoms with Crippen LogP contribution in [0.3, 0.4) is 0 Å². The van der Waals surface area contributed by atoms with E-state index in [9.17, 15) is 9.59 Å². The first-order valence-corrected chi connectivity index (χ1v) is 7.70. The van der Waals surface area contributed by atoms with E-state index in [1.54, 1.807) is 0 Å². The van der Waals surface area contributed by atoms with Gasteiger partial charge >= 0.3 is 0 Å². The summed E-state index contributed by atoms with van der Waals surface area (Å²) in [5, 5.41) is 0. The van der Waals surface area contributed by atoms with Crippen molar-refractivity contribution < 1.29 is 9.59 Å². The number of imide groups is 1. The third-order valence-electron chi connectivity index (χ3n) is 4.59. The Morgan fingerprint density at radius 1 is 1.19 bits per heavy atom. The second-order valence-electron chi connectivity index (χ2n) is 5.80. The van der Waals surface area contributed by atoms with Gasteiger partial charge in [-0.15, -0.1) is 0 Å². The molecule has 0 radical (unpaired) electrons. The number of carbonyl (C=O) groups is 2. The Balaban J connectivity index is 1.82. The zero-order valence-corrected chi connectivity index (χ0v) is 12.5. The number of thiocarbonyl (C=S) groups is 1. The lowest BCUT2D eigenvalue weighted by Crippen LogP contribution is -2.38. The molecule has 1 heterocycles. The summed E-state index contributed by atoms with van der Waals surface area (Å²) in [5.74, 6) is -0.576. The van der Waals surface area contributed by atoms with Crippen LogP contribution >= 0.6 is 12.2 Å². The van der Waals surface area contributed by atoms with Gasteiger partial charge in [0.25, 0.3) is 0 Å². The van der Waals surface area contributed by atoms with Crippen LogP contribution in [-0.4, -0.2) is 28.2 Å². The van der Waals surface area contributed by atoms with Gasteiger partial charge in [-0.05, 0) is 18.4 Å². The SMILES string of the molecule is NC(=S)C(CN1C(=O)C2CCCC2C1=O)c1ccccc1. The molecule has 1 aromatic rings. The van der Waals surface area contributed by atoms with Crippen LogP contribution in [0.5, 0.6) is 0 Å². The number of nitrogens with zero attached hydrogens (tertiary/aromatic N) is 1. The minimum atomic E-state index is -0.270. The minimum absolute atomic E-state index is 0.0420. The highest BCUT2D eigenvalue weighted by atomic mass is 32.1. The number of nitrogens with two attached hydrogens (primary N) is 1. The fourth-order valence-electron chi connectivity index (χ4n) is 3.47. The van der Waals surface area contributed by atoms with E-state index >= 15 is 0 Å². The number of rotatable bonds is 4. The number of carbonyl (C=O) groups excluding carboxylic acids is 2. The average Bonchev–Trinajstić information content (AvgIpc) is 3.03. The lowest BCUT2D eigenvalue weighted by atomic mass is 9.98. The molecule has 4 nitrogen and oxygen atoms in total. The standard InChI is InChI=1S/C16H18N2O2S/c17-14(21)13(10-5-2-1-3-6-10)9-18-15(19)11-7-4-8-12(11)16(18)20/h1-3,5-6,11-13H,4,7-9H2,(H2,17,21). The van der Waals surface area contributed by atoms with E-state index in [1.807, 2.05) is 30.3 Å². The molecule has 3 rings (SSSR count). The maximum atomic E-state index is 12.4. The second kappa shape index (κ2) is 5.56. The van der Waals surface area contributed by atoms with Gasteiger partial charge in [-0.2, -0.15) is 0 Å². The van der Waals surface area contributed by atoms with Crippen molar-refractivity contribution in [3.8, 4) is 0 Å². The summed E-state index contributed by atoms with van der Waals surface area (Å²) >= 11 is 5.14. The van der Waals surface area contributed by atoms with Crippen LogP contribution in [0, 0.1) is 11.8 Å². The average molecular weight is 302 g/mol. The number of hydrogen-bond acceptors (Lipinski definition) is 3. The Morgan fingerprint density at radius 3 is 2.29 bits per heavy atom. The van der Waals surface area contributed by atoms with E-state index in [0.29, 0.717) is 4.99 Å². The quantitative estimate of drug-likeness (QED) is 0.681. The first-order valence-electron chi connectivity index (χ1n) is 7.29. The van der Waals surface area contributed by atoms with Gasteiger partial charge in [-0.1, -0.05) is 49.0 Å². The zero-order chi connectivity index (χ0) is 15.0. The molecule has 3 unspecified atom stereocenters. The summed E-state index contributed by atoms with van der Waals surface area (Å²) < 4.78 is 0. The summed E-state index contributed by atoms with van der Waals surface area (Å²) in [5.41, 5.74) is 6.78. The van der Waals surface area contributed by atoms with Crippen molar-refractivity contribution in [2.75, 3.05) is 6.54 Å². The predicted molar refractivity (Wildman–Crippen MR) is 83.5 cm³/mol. The molecular weight excluding hydrogens is 284 g/mol. The van der Waals surface area contributed by atoms with Crippen molar-refractivity contribution in [3.05, 3.63) is 35.9 Å². The number of benzene rings is 1. The van der Waals surface area contributed by atoms with E-state index in [1.165, 1.54) is 4.90 Å². The minimum Gasteiger partial charge on any atom is -0.393 e. The van der Waals surface area contributed by atoms with Crippen molar-refractivity contribution in [3.63, 3.8) is 0 Å². The Hall–Kier alpha value is -1.75. The second-order valence-corrected chi connectivity index (χ2v) is 6.27. The van der Waals surface area contributed by atoms with Crippen LogP contribution in [0.4, 0.5) is 0 Å². The summed E-state index contributed by atoms with van der Waals surface area (Å²) in [6.45, 7) is 0.268. The van der Waals surface area contributed by atoms with Crippen LogP contribution < -0.4 is 5.73 Å². The van der Waals surface area contributed by atoms with Gasteiger partial charge in [0.2, 0.25) is 11.8 Å². The molecule has 0 bridgehead atoms. The highest BCUT2D eigenvalue weighted by Gasteiger charge is 2.50. The summed E-state index contributed by atoms with van der Waals surface area (Å²) in [4.78, 5) is 26.5. The fraction of sp³-hybridized carbons (Fsp3) is 0.438. The zero-order valence-electron chi connectivity index (χ0n) is 11.7. The topological polar surface area (TPSA) is 63.4 Å². The maximum absolute atomic E-state index is 12.4. The normalized spacial score (nSPS) is 26.0. The van der Waals surface area contributed by atoms with Gasteiger partial charge < -0.3 is 5.73 Å². The Labute approximate surface area is 129 Å². The molecule has 21 heavy (non-hydrogen) atoms. The van der Waals surface area contributed by atoms with Gasteiger partial charge in [0.05, 0.1) is 22.7 Å². The molecule has 5 heteroatoms. The molecule has 2 amide bonds. The van der Waals surface area contributed by atoms with Crippen molar-refractivity contribution in [2.24, 2.45) is 17.6 Å². The Bertz CT molecular complexity index is 565. The van der Waals surface area contributed by atoms with Crippen molar-refractivity contribution >= 4 is 29.0 Å². The first kappa shape index (κ1) is 14.2.